The molecular formula is C19H20N2O4S. The van der Waals surface area contributed by atoms with Gasteiger partial charge in [-0.05, 0) is 29.8 Å². The van der Waals surface area contributed by atoms with Crippen LogP contribution in [0.4, 0.5) is 10.5 Å². The van der Waals surface area contributed by atoms with Gasteiger partial charge in [0.25, 0.3) is 0 Å². The highest BCUT2D eigenvalue weighted by molar-refractivity contribution is 7.99. The van der Waals surface area contributed by atoms with E-state index in [-0.39, 0.29) is 12.5 Å². The number of methoxy groups -OCH3 is 1. The van der Waals surface area contributed by atoms with Crippen LogP contribution in [0.3, 0.4) is 0 Å². The molecule has 1 saturated heterocycles. The lowest BCUT2D eigenvalue weighted by molar-refractivity contribution is -0.119. The average molecular weight is 372 g/mol. The zero-order valence-corrected chi connectivity index (χ0v) is 15.2. The maximum Gasteiger partial charge on any atom is 0.411 e. The lowest BCUT2D eigenvalue weighted by atomic mass is 10.2. The molecule has 136 valence electrons. The van der Waals surface area contributed by atoms with Gasteiger partial charge in [0.05, 0.1) is 13.0 Å². The topological polar surface area (TPSA) is 67.9 Å². The summed E-state index contributed by atoms with van der Waals surface area (Å²) in [6, 6.07) is 16.0. The molecule has 0 aliphatic carbocycles. The second kappa shape index (κ2) is 8.62. The van der Waals surface area contributed by atoms with E-state index in [1.807, 2.05) is 30.3 Å². The highest BCUT2D eigenvalue weighted by Crippen LogP contribution is 2.24. The molecule has 1 fully saturated rings. The maximum absolute atomic E-state index is 12.6. The Morgan fingerprint density at radius 2 is 1.88 bits per heavy atom. The van der Waals surface area contributed by atoms with Crippen LogP contribution in [0.25, 0.3) is 0 Å². The van der Waals surface area contributed by atoms with Crippen molar-refractivity contribution in [2.75, 3.05) is 24.1 Å². The number of anilines is 1. The largest absolute Gasteiger partial charge is 0.497 e. The Kier molecular flexibility index (Phi) is 6.01. The van der Waals surface area contributed by atoms with Crippen molar-refractivity contribution in [2.45, 2.75) is 12.6 Å². The number of benzene rings is 2. The molecule has 7 heteroatoms. The summed E-state index contributed by atoms with van der Waals surface area (Å²) in [5.74, 6) is 1.47. The van der Waals surface area contributed by atoms with Crippen molar-refractivity contribution in [1.29, 1.82) is 0 Å². The third-order valence-electron chi connectivity index (χ3n) is 3.98. The lowest BCUT2D eigenvalue weighted by Crippen LogP contribution is -2.44. The van der Waals surface area contributed by atoms with Crippen molar-refractivity contribution in [3.8, 4) is 5.75 Å². The fraction of sp³-hybridized carbons (Fsp3) is 0.263. The van der Waals surface area contributed by atoms with Gasteiger partial charge in [-0.15, -0.1) is 11.8 Å². The van der Waals surface area contributed by atoms with Gasteiger partial charge in [0.1, 0.15) is 18.4 Å². The van der Waals surface area contributed by atoms with E-state index in [0.29, 0.717) is 23.1 Å². The number of nitrogens with one attached hydrogen (secondary N) is 1. The number of rotatable bonds is 5. The molecule has 1 N–H and O–H groups in total. The molecule has 0 bridgehead atoms. The minimum absolute atomic E-state index is 0.188. The number of hydrogen-bond donors (Lipinski definition) is 1. The maximum atomic E-state index is 12.6. The van der Waals surface area contributed by atoms with Crippen molar-refractivity contribution in [3.05, 3.63) is 60.2 Å². The molecule has 1 heterocycles. The summed E-state index contributed by atoms with van der Waals surface area (Å²) in [5, 5.41) is 2.84. The minimum Gasteiger partial charge on any atom is -0.497 e. The number of carbonyl (C=O) groups is 2. The van der Waals surface area contributed by atoms with Crippen LogP contribution in [-0.2, 0) is 16.1 Å². The molecule has 2 aromatic carbocycles. The van der Waals surface area contributed by atoms with Crippen LogP contribution in [0.5, 0.6) is 5.75 Å². The lowest BCUT2D eigenvalue weighted by Gasteiger charge is -2.22. The van der Waals surface area contributed by atoms with E-state index in [9.17, 15) is 9.59 Å². The van der Waals surface area contributed by atoms with Crippen molar-refractivity contribution < 1.29 is 19.1 Å². The van der Waals surface area contributed by atoms with E-state index in [1.165, 1.54) is 16.7 Å². The summed E-state index contributed by atoms with van der Waals surface area (Å²) in [7, 11) is 1.59. The predicted molar refractivity (Wildman–Crippen MR) is 101 cm³/mol. The number of thioether (sulfide) groups is 1. The number of hydrogen-bond acceptors (Lipinski definition) is 5. The first-order valence-electron chi connectivity index (χ1n) is 8.17. The first-order chi connectivity index (χ1) is 12.7. The third-order valence-corrected chi connectivity index (χ3v) is 4.99. The van der Waals surface area contributed by atoms with Gasteiger partial charge >= 0.3 is 6.09 Å². The SMILES string of the molecule is COc1ccc(NC(=O)C2CSCN2C(=O)OCc2ccccc2)cc1. The summed E-state index contributed by atoms with van der Waals surface area (Å²) < 4.78 is 10.5. The molecule has 1 atom stereocenters. The Morgan fingerprint density at radius 1 is 1.15 bits per heavy atom. The molecule has 0 aromatic heterocycles. The van der Waals surface area contributed by atoms with Crippen LogP contribution in [0.1, 0.15) is 5.56 Å². The number of amides is 2. The average Bonchev–Trinajstić information content (AvgIpc) is 3.17. The van der Waals surface area contributed by atoms with Crippen molar-refractivity contribution in [3.63, 3.8) is 0 Å². The summed E-state index contributed by atoms with van der Waals surface area (Å²) in [4.78, 5) is 26.4. The molecule has 0 spiro atoms. The number of nitrogens with zero attached hydrogens (tertiary/aromatic N) is 1. The zero-order valence-electron chi connectivity index (χ0n) is 14.4. The first-order valence-corrected chi connectivity index (χ1v) is 9.33. The summed E-state index contributed by atoms with van der Waals surface area (Å²) in [5.41, 5.74) is 1.57. The molecule has 2 amide bonds. The second-order valence-electron chi connectivity index (χ2n) is 5.74. The predicted octanol–water partition coefficient (Wildman–Crippen LogP) is 3.35. The van der Waals surface area contributed by atoms with Crippen molar-refractivity contribution >= 4 is 29.4 Å². The van der Waals surface area contributed by atoms with E-state index in [0.717, 1.165) is 5.56 Å². The minimum atomic E-state index is -0.551. The van der Waals surface area contributed by atoms with Crippen LogP contribution in [0, 0.1) is 0 Å². The van der Waals surface area contributed by atoms with Gasteiger partial charge in [0.2, 0.25) is 5.91 Å². The molecular weight excluding hydrogens is 352 g/mol. The smallest absolute Gasteiger partial charge is 0.411 e. The first kappa shape index (κ1) is 18.1. The Bertz CT molecular complexity index is 752. The fourth-order valence-electron chi connectivity index (χ4n) is 2.54. The van der Waals surface area contributed by atoms with Gasteiger partial charge in [-0.1, -0.05) is 30.3 Å². The summed E-state index contributed by atoms with van der Waals surface area (Å²) in [6.45, 7) is 0.188. The normalized spacial score (nSPS) is 16.2. The summed E-state index contributed by atoms with van der Waals surface area (Å²) >= 11 is 1.53. The Morgan fingerprint density at radius 3 is 2.58 bits per heavy atom. The highest BCUT2D eigenvalue weighted by Gasteiger charge is 2.35. The van der Waals surface area contributed by atoms with E-state index in [1.54, 1.807) is 31.4 Å². The van der Waals surface area contributed by atoms with Crippen LogP contribution in [0.15, 0.2) is 54.6 Å². The monoisotopic (exact) mass is 372 g/mol. The molecule has 1 aliphatic heterocycles. The Labute approximate surface area is 156 Å². The Hall–Kier alpha value is -2.67. The molecule has 26 heavy (non-hydrogen) atoms. The summed E-state index contributed by atoms with van der Waals surface area (Å²) in [6.07, 6.45) is -0.478. The van der Waals surface area contributed by atoms with Crippen LogP contribution in [0.2, 0.25) is 0 Å². The molecule has 6 nitrogen and oxygen atoms in total. The van der Waals surface area contributed by atoms with Crippen LogP contribution >= 0.6 is 11.8 Å². The van der Waals surface area contributed by atoms with Gasteiger partial charge in [0.15, 0.2) is 0 Å². The molecule has 3 rings (SSSR count). The molecule has 1 unspecified atom stereocenters. The van der Waals surface area contributed by atoms with E-state index >= 15 is 0 Å². The third kappa shape index (κ3) is 4.49. The van der Waals surface area contributed by atoms with E-state index < -0.39 is 12.1 Å². The van der Waals surface area contributed by atoms with Gasteiger partial charge < -0.3 is 14.8 Å². The highest BCUT2D eigenvalue weighted by atomic mass is 32.2. The second-order valence-corrected chi connectivity index (χ2v) is 6.74. The molecule has 0 saturated carbocycles. The van der Waals surface area contributed by atoms with Gasteiger partial charge in [-0.3, -0.25) is 9.69 Å². The molecule has 2 aromatic rings. The van der Waals surface area contributed by atoms with E-state index in [4.69, 9.17) is 9.47 Å². The van der Waals surface area contributed by atoms with Crippen LogP contribution in [-0.4, -0.2) is 41.7 Å². The van der Waals surface area contributed by atoms with Gasteiger partial charge in [0, 0.05) is 11.4 Å². The quantitative estimate of drug-likeness (QED) is 0.872. The molecule has 1 aliphatic rings. The zero-order chi connectivity index (χ0) is 18.4. The molecule has 0 radical (unpaired) electrons. The standard InChI is InChI=1S/C19H20N2O4S/c1-24-16-9-7-15(8-10-16)20-18(22)17-12-26-13-21(17)19(23)25-11-14-5-3-2-4-6-14/h2-10,17H,11-13H2,1H3,(H,20,22). The number of carbonyl (C=O) groups excluding carboxylic acids is 2. The number of ether oxygens (including phenoxy) is 2. The van der Waals surface area contributed by atoms with Gasteiger partial charge in [-0.2, -0.15) is 0 Å². The van der Waals surface area contributed by atoms with Crippen molar-refractivity contribution in [2.24, 2.45) is 0 Å². The Balaban J connectivity index is 1.57. The van der Waals surface area contributed by atoms with Gasteiger partial charge in [-0.25, -0.2) is 4.79 Å². The fourth-order valence-corrected chi connectivity index (χ4v) is 3.68. The van der Waals surface area contributed by atoms with Crippen molar-refractivity contribution in [1.82, 2.24) is 4.90 Å². The van der Waals surface area contributed by atoms with E-state index in [2.05, 4.69) is 5.32 Å². The van der Waals surface area contributed by atoms with Crippen LogP contribution < -0.4 is 10.1 Å².